The molecule has 1 aromatic rings. The van der Waals surface area contributed by atoms with Crippen molar-refractivity contribution in [1.29, 1.82) is 0 Å². The summed E-state index contributed by atoms with van der Waals surface area (Å²) in [6.45, 7) is 13.2. The van der Waals surface area contributed by atoms with Crippen LogP contribution in [0, 0.1) is 0 Å². The number of hydrogen-bond donors (Lipinski definition) is 0. The first kappa shape index (κ1) is 15.8. The predicted octanol–water partition coefficient (Wildman–Crippen LogP) is 3.72. The van der Waals surface area contributed by atoms with Gasteiger partial charge in [-0.2, -0.15) is 0 Å². The number of benzene rings is 1. The van der Waals surface area contributed by atoms with E-state index in [4.69, 9.17) is 14.3 Å². The fourth-order valence-corrected chi connectivity index (χ4v) is 3.23. The van der Waals surface area contributed by atoms with Crippen LogP contribution >= 0.6 is 0 Å². The summed E-state index contributed by atoms with van der Waals surface area (Å²) in [4.78, 5) is 5.99. The molecular weight excluding hydrogens is 278 g/mol. The van der Waals surface area contributed by atoms with Crippen LogP contribution in [0.2, 0.25) is 0 Å². The van der Waals surface area contributed by atoms with Crippen LogP contribution in [0.5, 0.6) is 5.75 Å². The Labute approximate surface area is 133 Å². The lowest BCUT2D eigenvalue weighted by Crippen LogP contribution is -2.41. The van der Waals surface area contributed by atoms with Gasteiger partial charge >= 0.3 is 0 Å². The zero-order valence-electron chi connectivity index (χ0n) is 14.4. The van der Waals surface area contributed by atoms with Crippen LogP contribution in [0.4, 0.5) is 0 Å². The molecule has 3 rings (SSSR count). The summed E-state index contributed by atoms with van der Waals surface area (Å²) >= 11 is 0. The summed E-state index contributed by atoms with van der Waals surface area (Å²) in [5, 5.41) is 2.01. The molecule has 0 amide bonds. The summed E-state index contributed by atoms with van der Waals surface area (Å²) in [7, 11) is 0. The van der Waals surface area contributed by atoms with Crippen LogP contribution in [-0.2, 0) is 9.47 Å². The fraction of sp³-hybridized carbons (Fsp3) is 0.667. The van der Waals surface area contributed by atoms with E-state index in [1.807, 2.05) is 17.2 Å². The molecule has 0 saturated carbocycles. The SMILES string of the molecule is CC(C)(C)O[C@@H]1[C@H]2c3ccccc3ON2C[C@H]1OC(C)(C)C. The molecule has 2 heterocycles. The van der Waals surface area contributed by atoms with Crippen LogP contribution < -0.4 is 4.84 Å². The normalized spacial score (nSPS) is 28.4. The molecule has 1 aromatic carbocycles. The fourth-order valence-electron chi connectivity index (χ4n) is 3.23. The molecule has 1 saturated heterocycles. The number of nitrogens with zero attached hydrogens (tertiary/aromatic N) is 1. The van der Waals surface area contributed by atoms with Crippen molar-refractivity contribution in [1.82, 2.24) is 5.06 Å². The lowest BCUT2D eigenvalue weighted by molar-refractivity contribution is -0.152. The van der Waals surface area contributed by atoms with Crippen molar-refractivity contribution in [2.75, 3.05) is 6.54 Å². The molecule has 0 unspecified atom stereocenters. The summed E-state index contributed by atoms with van der Waals surface area (Å²) in [5.41, 5.74) is 0.762. The third kappa shape index (κ3) is 3.14. The predicted molar refractivity (Wildman–Crippen MR) is 85.8 cm³/mol. The van der Waals surface area contributed by atoms with Crippen molar-refractivity contribution in [3.8, 4) is 5.75 Å². The van der Waals surface area contributed by atoms with Gasteiger partial charge in [-0.15, -0.1) is 5.06 Å². The third-order valence-corrected chi connectivity index (χ3v) is 3.80. The van der Waals surface area contributed by atoms with Crippen molar-refractivity contribution < 1.29 is 14.3 Å². The molecule has 4 nitrogen and oxygen atoms in total. The Balaban J connectivity index is 1.90. The molecule has 4 heteroatoms. The Morgan fingerprint density at radius 2 is 1.64 bits per heavy atom. The van der Waals surface area contributed by atoms with E-state index in [0.29, 0.717) is 0 Å². The summed E-state index contributed by atoms with van der Waals surface area (Å²) in [5.74, 6) is 0.934. The first-order valence-electron chi connectivity index (χ1n) is 8.03. The molecule has 0 spiro atoms. The standard InChI is InChI=1S/C18H27NO3/c1-17(2,3)20-14-11-19-15(16(14)21-18(4,5)6)12-9-7-8-10-13(12)22-19/h7-10,14-16H,11H2,1-6H3/t14-,15-,16+/m1/s1. The van der Waals surface area contributed by atoms with E-state index in [1.165, 1.54) is 5.56 Å². The molecule has 0 N–H and O–H groups in total. The summed E-state index contributed by atoms with van der Waals surface area (Å²) in [6, 6.07) is 8.30. The Kier molecular flexibility index (Phi) is 3.75. The van der Waals surface area contributed by atoms with Crippen molar-refractivity contribution in [2.24, 2.45) is 0 Å². The van der Waals surface area contributed by atoms with Crippen LogP contribution in [-0.4, -0.2) is 35.0 Å². The minimum atomic E-state index is -0.224. The lowest BCUT2D eigenvalue weighted by Gasteiger charge is -2.34. The Bertz CT molecular complexity index is 544. The highest BCUT2D eigenvalue weighted by molar-refractivity contribution is 5.40. The molecule has 2 aliphatic heterocycles. The van der Waals surface area contributed by atoms with Gasteiger partial charge in [0.2, 0.25) is 0 Å². The largest absolute Gasteiger partial charge is 0.405 e. The molecule has 122 valence electrons. The third-order valence-electron chi connectivity index (χ3n) is 3.80. The Morgan fingerprint density at radius 3 is 2.27 bits per heavy atom. The average molecular weight is 305 g/mol. The van der Waals surface area contributed by atoms with Gasteiger partial charge in [0.1, 0.15) is 18.2 Å². The minimum absolute atomic E-state index is 0.00224. The summed E-state index contributed by atoms with van der Waals surface area (Å²) in [6.07, 6.45) is -0.0412. The molecule has 3 atom stereocenters. The first-order chi connectivity index (χ1) is 10.1. The van der Waals surface area contributed by atoms with Crippen molar-refractivity contribution in [3.05, 3.63) is 29.8 Å². The highest BCUT2D eigenvalue weighted by Crippen LogP contribution is 2.47. The van der Waals surface area contributed by atoms with Crippen LogP contribution in [0.15, 0.2) is 24.3 Å². The average Bonchev–Trinajstić information content (AvgIpc) is 2.83. The van der Waals surface area contributed by atoms with E-state index in [1.54, 1.807) is 0 Å². The highest BCUT2D eigenvalue weighted by atomic mass is 16.7. The second-order valence-electron chi connectivity index (χ2n) is 8.14. The molecular formula is C18H27NO3. The van der Waals surface area contributed by atoms with Gasteiger partial charge in [0.25, 0.3) is 0 Å². The number of hydroxylamine groups is 2. The second kappa shape index (κ2) is 5.22. The molecule has 22 heavy (non-hydrogen) atoms. The van der Waals surface area contributed by atoms with Gasteiger partial charge in [0.15, 0.2) is 5.75 Å². The van der Waals surface area contributed by atoms with Gasteiger partial charge in [-0.05, 0) is 47.6 Å². The van der Waals surface area contributed by atoms with Crippen molar-refractivity contribution in [3.63, 3.8) is 0 Å². The zero-order valence-corrected chi connectivity index (χ0v) is 14.4. The Morgan fingerprint density at radius 1 is 1.00 bits per heavy atom. The zero-order chi connectivity index (χ0) is 16.1. The molecule has 0 aromatic heterocycles. The second-order valence-corrected chi connectivity index (χ2v) is 8.14. The van der Waals surface area contributed by atoms with Crippen LogP contribution in [0.3, 0.4) is 0 Å². The van der Waals surface area contributed by atoms with Crippen LogP contribution in [0.1, 0.15) is 53.1 Å². The van der Waals surface area contributed by atoms with Crippen molar-refractivity contribution in [2.45, 2.75) is 71.0 Å². The van der Waals surface area contributed by atoms with E-state index in [2.05, 4.69) is 53.7 Å². The summed E-state index contributed by atoms with van der Waals surface area (Å²) < 4.78 is 12.6. The maximum atomic E-state index is 6.38. The maximum Gasteiger partial charge on any atom is 0.152 e. The monoisotopic (exact) mass is 305 g/mol. The van der Waals surface area contributed by atoms with E-state index in [0.717, 1.165) is 12.3 Å². The van der Waals surface area contributed by atoms with Gasteiger partial charge in [-0.25, -0.2) is 0 Å². The maximum absolute atomic E-state index is 6.38. The minimum Gasteiger partial charge on any atom is -0.405 e. The number of hydrogen-bond acceptors (Lipinski definition) is 4. The molecule has 1 fully saturated rings. The number of ether oxygens (including phenoxy) is 2. The van der Waals surface area contributed by atoms with Crippen molar-refractivity contribution >= 4 is 0 Å². The van der Waals surface area contributed by atoms with Gasteiger partial charge < -0.3 is 14.3 Å². The number of fused-ring (bicyclic) bond motifs is 3. The van der Waals surface area contributed by atoms with Crippen LogP contribution in [0.25, 0.3) is 0 Å². The van der Waals surface area contributed by atoms with Gasteiger partial charge in [0, 0.05) is 5.56 Å². The van der Waals surface area contributed by atoms with Gasteiger partial charge in [-0.1, -0.05) is 18.2 Å². The van der Waals surface area contributed by atoms with E-state index >= 15 is 0 Å². The molecule has 0 radical (unpaired) electrons. The lowest BCUT2D eigenvalue weighted by atomic mass is 10.00. The molecule has 0 bridgehead atoms. The number of para-hydroxylation sites is 1. The Hall–Kier alpha value is -1.10. The highest BCUT2D eigenvalue weighted by Gasteiger charge is 2.52. The molecule has 0 aliphatic carbocycles. The van der Waals surface area contributed by atoms with E-state index in [9.17, 15) is 0 Å². The first-order valence-corrected chi connectivity index (χ1v) is 8.03. The van der Waals surface area contributed by atoms with E-state index in [-0.39, 0.29) is 29.5 Å². The van der Waals surface area contributed by atoms with Gasteiger partial charge in [-0.3, -0.25) is 0 Å². The quantitative estimate of drug-likeness (QED) is 0.833. The topological polar surface area (TPSA) is 30.9 Å². The van der Waals surface area contributed by atoms with E-state index < -0.39 is 0 Å². The van der Waals surface area contributed by atoms with Gasteiger partial charge in [0.05, 0.1) is 17.7 Å². The number of rotatable bonds is 2. The molecule has 2 aliphatic rings. The smallest absolute Gasteiger partial charge is 0.152 e.